The number of hydrogen-bond donors (Lipinski definition) is 3. The molecule has 1 aliphatic rings. The molecule has 1 aliphatic heterocycles. The van der Waals surface area contributed by atoms with Crippen molar-refractivity contribution < 1.29 is 18.7 Å². The van der Waals surface area contributed by atoms with E-state index in [0.717, 1.165) is 31.5 Å². The zero-order valence-electron chi connectivity index (χ0n) is 20.3. The summed E-state index contributed by atoms with van der Waals surface area (Å²) in [5.41, 5.74) is 4.01. The minimum atomic E-state index is -0.314. The number of nitrogens with one attached hydrogen (secondary N) is 3. The Hall–Kier alpha value is -4.00. The van der Waals surface area contributed by atoms with Gasteiger partial charge in [-0.3, -0.25) is 9.78 Å². The number of carbonyl (C=O) groups excluding carboxylic acids is 1. The molecule has 3 aromatic rings. The lowest BCUT2D eigenvalue weighted by Gasteiger charge is -2.17. The van der Waals surface area contributed by atoms with Crippen LogP contribution < -0.4 is 20.7 Å². The van der Waals surface area contributed by atoms with Crippen LogP contribution in [0.5, 0.6) is 5.75 Å². The van der Waals surface area contributed by atoms with E-state index in [1.165, 1.54) is 12.3 Å². The van der Waals surface area contributed by atoms with Crippen molar-refractivity contribution in [2.75, 3.05) is 44.0 Å². The lowest BCUT2D eigenvalue weighted by atomic mass is 10.0. The Balaban J connectivity index is 1.75. The van der Waals surface area contributed by atoms with Gasteiger partial charge in [-0.25, -0.2) is 4.39 Å². The number of methoxy groups -OCH3 is 1. The normalized spacial score (nSPS) is 13.2. The summed E-state index contributed by atoms with van der Waals surface area (Å²) < 4.78 is 24.8. The summed E-state index contributed by atoms with van der Waals surface area (Å²) in [5, 5.41) is 19.8. The van der Waals surface area contributed by atoms with Gasteiger partial charge in [0, 0.05) is 36.5 Å². The number of aryl methyl sites for hydroxylation is 1. The maximum atomic E-state index is 13.8. The smallest absolute Gasteiger partial charge is 0.248 e. The lowest BCUT2D eigenvalue weighted by Crippen LogP contribution is -2.24. The number of rotatable bonds is 8. The first-order chi connectivity index (χ1) is 17.5. The zero-order valence-corrected chi connectivity index (χ0v) is 20.3. The van der Waals surface area contributed by atoms with Crippen LogP contribution >= 0.6 is 0 Å². The van der Waals surface area contributed by atoms with Gasteiger partial charge in [-0.2, -0.15) is 5.26 Å². The van der Waals surface area contributed by atoms with Crippen molar-refractivity contribution in [3.63, 3.8) is 0 Å². The van der Waals surface area contributed by atoms with Crippen LogP contribution in [-0.4, -0.2) is 44.3 Å². The molecule has 3 N–H and O–H groups in total. The van der Waals surface area contributed by atoms with Crippen LogP contribution in [0.25, 0.3) is 10.9 Å². The summed E-state index contributed by atoms with van der Waals surface area (Å²) >= 11 is 0. The highest BCUT2D eigenvalue weighted by molar-refractivity contribution is 6.05. The van der Waals surface area contributed by atoms with Gasteiger partial charge in [0.15, 0.2) is 0 Å². The molecule has 0 radical (unpaired) electrons. The first kappa shape index (κ1) is 25.1. The van der Waals surface area contributed by atoms with Crippen molar-refractivity contribution in [1.29, 1.82) is 5.26 Å². The maximum absolute atomic E-state index is 13.8. The minimum Gasteiger partial charge on any atom is -0.489 e. The molecular formula is C27H28FN5O3. The van der Waals surface area contributed by atoms with E-state index < -0.39 is 0 Å². The van der Waals surface area contributed by atoms with Gasteiger partial charge >= 0.3 is 0 Å². The molecule has 0 unspecified atom stereocenters. The molecule has 1 saturated heterocycles. The summed E-state index contributed by atoms with van der Waals surface area (Å²) in [6.45, 7) is 4.03. The van der Waals surface area contributed by atoms with Crippen molar-refractivity contribution in [1.82, 2.24) is 10.3 Å². The number of benzene rings is 2. The van der Waals surface area contributed by atoms with Crippen LogP contribution in [0.15, 0.2) is 48.2 Å². The molecule has 0 spiro atoms. The van der Waals surface area contributed by atoms with Gasteiger partial charge < -0.3 is 25.4 Å². The Morgan fingerprint density at radius 3 is 2.78 bits per heavy atom. The van der Waals surface area contributed by atoms with Gasteiger partial charge in [0.25, 0.3) is 0 Å². The second-order valence-corrected chi connectivity index (χ2v) is 8.50. The highest BCUT2D eigenvalue weighted by atomic mass is 19.1. The fourth-order valence-electron chi connectivity index (χ4n) is 4.00. The molecule has 0 atom stereocenters. The summed E-state index contributed by atoms with van der Waals surface area (Å²) in [5.74, 6) is -0.125. The zero-order chi connectivity index (χ0) is 25.5. The average Bonchev–Trinajstić information content (AvgIpc) is 2.87. The monoisotopic (exact) mass is 489 g/mol. The molecule has 1 amide bonds. The number of piperidine rings is 1. The van der Waals surface area contributed by atoms with Crippen LogP contribution in [-0.2, 0) is 9.53 Å². The first-order valence-corrected chi connectivity index (χ1v) is 11.7. The van der Waals surface area contributed by atoms with Crippen molar-refractivity contribution in [3.05, 3.63) is 65.1 Å². The second kappa shape index (κ2) is 11.6. The molecule has 1 aromatic heterocycles. The molecule has 2 aromatic carbocycles. The predicted octanol–water partition coefficient (Wildman–Crippen LogP) is 4.57. The van der Waals surface area contributed by atoms with Crippen molar-refractivity contribution in [3.8, 4) is 11.8 Å². The molecule has 4 rings (SSSR count). The summed E-state index contributed by atoms with van der Waals surface area (Å²) in [6.07, 6.45) is 4.75. The van der Waals surface area contributed by atoms with Crippen molar-refractivity contribution in [2.45, 2.75) is 19.8 Å². The number of ether oxygens (including phenoxy) is 2. The topological polar surface area (TPSA) is 108 Å². The molecule has 186 valence electrons. The van der Waals surface area contributed by atoms with Gasteiger partial charge in [0.1, 0.15) is 24.2 Å². The molecule has 8 nitrogen and oxygen atoms in total. The molecule has 2 heterocycles. The fraction of sp³-hybridized carbons (Fsp3) is 0.296. The van der Waals surface area contributed by atoms with E-state index in [9.17, 15) is 14.4 Å². The number of pyridine rings is 1. The molecular weight excluding hydrogens is 461 g/mol. The highest BCUT2D eigenvalue weighted by Crippen LogP contribution is 2.36. The number of hydrogen-bond acceptors (Lipinski definition) is 7. The molecule has 1 fully saturated rings. The first-order valence-electron chi connectivity index (χ1n) is 11.7. The van der Waals surface area contributed by atoms with Crippen LogP contribution in [0.2, 0.25) is 0 Å². The Morgan fingerprint density at radius 1 is 1.25 bits per heavy atom. The molecule has 9 heteroatoms. The number of halogens is 1. The van der Waals surface area contributed by atoms with Gasteiger partial charge in [0.05, 0.1) is 29.1 Å². The number of fused-ring (bicyclic) bond motifs is 1. The number of anilines is 3. The van der Waals surface area contributed by atoms with E-state index in [1.54, 1.807) is 44.4 Å². The Morgan fingerprint density at radius 2 is 2.06 bits per heavy atom. The van der Waals surface area contributed by atoms with E-state index in [4.69, 9.17) is 9.47 Å². The number of amides is 1. The van der Waals surface area contributed by atoms with Gasteiger partial charge in [-0.1, -0.05) is 5.57 Å². The SMILES string of the molecule is COCCOc1cc2ncc(C#N)c(Nc3ccc(F)c(C)c3)c2cc1NC(=O)C=C1CCNCC1. The third kappa shape index (κ3) is 5.97. The average molecular weight is 490 g/mol. The number of aromatic nitrogens is 1. The maximum Gasteiger partial charge on any atom is 0.248 e. The Bertz CT molecular complexity index is 1340. The van der Waals surface area contributed by atoms with Crippen LogP contribution in [0.1, 0.15) is 24.0 Å². The van der Waals surface area contributed by atoms with Crippen molar-refractivity contribution in [2.24, 2.45) is 0 Å². The van der Waals surface area contributed by atoms with E-state index >= 15 is 0 Å². The lowest BCUT2D eigenvalue weighted by molar-refractivity contribution is -0.112. The summed E-state index contributed by atoms with van der Waals surface area (Å²) in [7, 11) is 1.58. The minimum absolute atomic E-state index is 0.254. The van der Waals surface area contributed by atoms with Gasteiger partial charge in [0.2, 0.25) is 5.91 Å². The molecule has 0 saturated carbocycles. The number of nitriles is 1. The van der Waals surface area contributed by atoms with Crippen LogP contribution in [0.3, 0.4) is 0 Å². The Labute approximate surface area is 209 Å². The standard InChI is InChI=1S/C27H28FN5O3/c1-17-11-20(3-4-22(17)28)32-27-19(15-29)16-31-23-14-25(36-10-9-35-2)24(13-21(23)27)33-26(34)12-18-5-7-30-8-6-18/h3-4,11-14,16,30H,5-10H2,1-2H3,(H,31,32)(H,33,34). The fourth-order valence-corrected chi connectivity index (χ4v) is 4.00. The highest BCUT2D eigenvalue weighted by Gasteiger charge is 2.16. The quantitative estimate of drug-likeness (QED) is 0.314. The molecule has 0 bridgehead atoms. The Kier molecular flexibility index (Phi) is 8.10. The summed E-state index contributed by atoms with van der Waals surface area (Å²) in [6, 6.07) is 10.3. The largest absolute Gasteiger partial charge is 0.489 e. The number of carbonyl (C=O) groups is 1. The molecule has 36 heavy (non-hydrogen) atoms. The third-order valence-corrected chi connectivity index (χ3v) is 5.90. The predicted molar refractivity (Wildman–Crippen MR) is 137 cm³/mol. The molecule has 0 aliphatic carbocycles. The van der Waals surface area contributed by atoms with Crippen molar-refractivity contribution >= 4 is 33.9 Å². The van der Waals surface area contributed by atoms with E-state index in [1.807, 2.05) is 0 Å². The van der Waals surface area contributed by atoms with Crippen LogP contribution in [0, 0.1) is 24.1 Å². The third-order valence-electron chi connectivity index (χ3n) is 5.90. The number of nitrogens with zero attached hydrogens (tertiary/aromatic N) is 2. The van der Waals surface area contributed by atoms with E-state index in [0.29, 0.717) is 51.4 Å². The summed E-state index contributed by atoms with van der Waals surface area (Å²) in [4.78, 5) is 17.3. The van der Waals surface area contributed by atoms with Crippen LogP contribution in [0.4, 0.5) is 21.5 Å². The van der Waals surface area contributed by atoms with Gasteiger partial charge in [-0.15, -0.1) is 0 Å². The second-order valence-electron chi connectivity index (χ2n) is 8.50. The van der Waals surface area contributed by atoms with Gasteiger partial charge in [-0.05, 0) is 62.7 Å². The van der Waals surface area contributed by atoms with E-state index in [-0.39, 0.29) is 18.3 Å². The van der Waals surface area contributed by atoms with E-state index in [2.05, 4.69) is 27.0 Å².